The van der Waals surface area contributed by atoms with Crippen LogP contribution in [0.3, 0.4) is 0 Å². The van der Waals surface area contributed by atoms with Crippen LogP contribution in [0.1, 0.15) is 51.2 Å². The molecule has 1 aromatic heterocycles. The highest BCUT2D eigenvalue weighted by atomic mass is 32.1. The predicted molar refractivity (Wildman–Crippen MR) is 149 cm³/mol. The fourth-order valence-corrected chi connectivity index (χ4v) is 5.95. The number of aromatic hydroxyl groups is 2. The van der Waals surface area contributed by atoms with E-state index in [-0.39, 0.29) is 45.3 Å². The summed E-state index contributed by atoms with van der Waals surface area (Å²) in [6.07, 6.45) is 8.04. The number of anilines is 1. The number of fused-ring (bicyclic) bond motifs is 3. The van der Waals surface area contributed by atoms with Crippen molar-refractivity contribution in [1.29, 1.82) is 0 Å². The first-order chi connectivity index (χ1) is 18.4. The number of nitrogens with zero attached hydrogens (tertiary/aromatic N) is 2. The maximum atomic E-state index is 13.5. The number of aromatic nitrogens is 1. The van der Waals surface area contributed by atoms with Gasteiger partial charge in [-0.25, -0.2) is 4.98 Å². The van der Waals surface area contributed by atoms with Gasteiger partial charge in [0.05, 0.1) is 23.0 Å². The summed E-state index contributed by atoms with van der Waals surface area (Å²) in [5.74, 6) is -1.81. The van der Waals surface area contributed by atoms with Crippen LogP contribution < -0.4 is 10.2 Å². The number of rotatable bonds is 6. The van der Waals surface area contributed by atoms with Crippen molar-refractivity contribution >= 4 is 34.2 Å². The number of hydrogen-bond donors (Lipinski definition) is 4. The Balaban J connectivity index is 1.48. The van der Waals surface area contributed by atoms with Crippen molar-refractivity contribution in [2.75, 3.05) is 5.43 Å². The summed E-state index contributed by atoms with van der Waals surface area (Å²) < 4.78 is 6.00. The molecule has 0 unspecified atom stereocenters. The lowest BCUT2D eigenvalue weighted by atomic mass is 9.71. The fourth-order valence-electron chi connectivity index (χ4n) is 5.30. The highest BCUT2D eigenvalue weighted by Crippen LogP contribution is 2.60. The lowest BCUT2D eigenvalue weighted by Crippen LogP contribution is -2.38. The van der Waals surface area contributed by atoms with E-state index in [9.17, 15) is 24.9 Å². The number of aliphatic hydroxyl groups is 1. The third-order valence-corrected chi connectivity index (χ3v) is 8.44. The molecular formula is C29H29N3O6S. The average molecular weight is 548 g/mol. The summed E-state index contributed by atoms with van der Waals surface area (Å²) >= 11 is 1.26. The molecule has 2 aromatic rings. The van der Waals surface area contributed by atoms with Crippen molar-refractivity contribution in [3.05, 3.63) is 63.5 Å². The molecule has 0 spiro atoms. The van der Waals surface area contributed by atoms with E-state index in [0.717, 1.165) is 24.8 Å². The summed E-state index contributed by atoms with van der Waals surface area (Å²) in [6, 6.07) is 0. The Kier molecular flexibility index (Phi) is 6.46. The van der Waals surface area contributed by atoms with Gasteiger partial charge in [-0.3, -0.25) is 15.0 Å². The van der Waals surface area contributed by atoms with Crippen LogP contribution in [0.5, 0.6) is 17.2 Å². The topological polar surface area (TPSA) is 141 Å². The van der Waals surface area contributed by atoms with Gasteiger partial charge in [-0.05, 0) is 58.4 Å². The number of carbonyl (C=O) groups excluding carboxylic acids is 2. The van der Waals surface area contributed by atoms with E-state index in [0.29, 0.717) is 16.7 Å². The van der Waals surface area contributed by atoms with Crippen molar-refractivity contribution in [3.63, 3.8) is 0 Å². The zero-order chi connectivity index (χ0) is 28.2. The van der Waals surface area contributed by atoms with Gasteiger partial charge in [0.1, 0.15) is 39.8 Å². The molecule has 39 heavy (non-hydrogen) atoms. The van der Waals surface area contributed by atoms with Crippen LogP contribution in [0, 0.1) is 12.8 Å². The molecule has 5 rings (SSSR count). The molecule has 0 bridgehead atoms. The van der Waals surface area contributed by atoms with Gasteiger partial charge >= 0.3 is 0 Å². The molecule has 10 heteroatoms. The number of allylic oxidation sites excluding steroid dienone is 6. The number of carbonyl (C=O) groups is 2. The van der Waals surface area contributed by atoms with Crippen LogP contribution in [0.2, 0.25) is 0 Å². The number of Topliss-reactive ketones (excluding diaryl/α,β-unsaturated/α-hetero) is 2. The first-order valence-corrected chi connectivity index (χ1v) is 13.4. The molecule has 0 saturated carbocycles. The van der Waals surface area contributed by atoms with Gasteiger partial charge in [0, 0.05) is 17.0 Å². The van der Waals surface area contributed by atoms with E-state index in [4.69, 9.17) is 4.74 Å². The van der Waals surface area contributed by atoms with E-state index in [2.05, 4.69) is 35.1 Å². The van der Waals surface area contributed by atoms with E-state index in [1.165, 1.54) is 43.8 Å². The van der Waals surface area contributed by atoms with Gasteiger partial charge in [-0.1, -0.05) is 18.2 Å². The lowest BCUT2D eigenvalue weighted by molar-refractivity contribution is -0.123. The molecule has 2 aliphatic carbocycles. The molecule has 202 valence electrons. The zero-order valence-electron chi connectivity index (χ0n) is 22.1. The molecule has 3 aliphatic rings. The molecule has 4 N–H and O–H groups in total. The van der Waals surface area contributed by atoms with Crippen LogP contribution in [0.4, 0.5) is 5.13 Å². The minimum absolute atomic E-state index is 0.0371. The van der Waals surface area contributed by atoms with E-state index >= 15 is 0 Å². The van der Waals surface area contributed by atoms with Crippen molar-refractivity contribution in [2.45, 2.75) is 52.4 Å². The summed E-state index contributed by atoms with van der Waals surface area (Å²) in [4.78, 5) is 30.2. The summed E-state index contributed by atoms with van der Waals surface area (Å²) in [7, 11) is 0. The lowest BCUT2D eigenvalue weighted by Gasteiger charge is -2.28. The van der Waals surface area contributed by atoms with Crippen molar-refractivity contribution in [2.24, 2.45) is 11.0 Å². The molecule has 0 amide bonds. The largest absolute Gasteiger partial charge is 0.507 e. The summed E-state index contributed by atoms with van der Waals surface area (Å²) in [6.45, 7) is 10.3. The molecule has 1 aromatic carbocycles. The first-order valence-electron chi connectivity index (χ1n) is 12.5. The third kappa shape index (κ3) is 4.15. The Morgan fingerprint density at radius 2 is 2.05 bits per heavy atom. The number of thiazole rings is 1. The Bertz CT molecular complexity index is 1580. The molecule has 0 radical (unpaired) electrons. The average Bonchev–Trinajstić information content (AvgIpc) is 3.46. The third-order valence-electron chi connectivity index (χ3n) is 7.69. The van der Waals surface area contributed by atoms with Crippen LogP contribution in [0.15, 0.2) is 57.5 Å². The Labute approximate surface area is 229 Å². The maximum Gasteiger partial charge on any atom is 0.203 e. The molecule has 0 saturated heterocycles. The number of phenolic OH excluding ortho intramolecular Hbond substituents is 2. The molecule has 9 nitrogen and oxygen atoms in total. The van der Waals surface area contributed by atoms with Gasteiger partial charge in [0.25, 0.3) is 0 Å². The smallest absolute Gasteiger partial charge is 0.203 e. The molecule has 2 heterocycles. The standard InChI is InChI=1S/C29H29N3O6S/c1-13(2)17-8-6-16(7-9-17)11-30-32-28-31-18(12-39-28)22-24(35)14(3)25(36)23-26(22)38-20-10-19(34)21(15(4)33)27(37)29(20,23)5/h6,10-12,17,34-36H,1,7-9H2,2-5H3,(H,31,32)/b30-11-/t17-,29-/m0/s1. The van der Waals surface area contributed by atoms with Crippen LogP contribution in [-0.4, -0.2) is 38.1 Å². The van der Waals surface area contributed by atoms with Crippen LogP contribution in [0.25, 0.3) is 11.3 Å². The molecular weight excluding hydrogens is 518 g/mol. The van der Waals surface area contributed by atoms with Gasteiger partial charge in [-0.2, -0.15) is 5.10 Å². The van der Waals surface area contributed by atoms with Crippen molar-refractivity contribution in [1.82, 2.24) is 4.98 Å². The normalized spacial score (nSPS) is 22.3. The van der Waals surface area contributed by atoms with Crippen molar-refractivity contribution < 1.29 is 29.6 Å². The quantitative estimate of drug-likeness (QED) is 0.155. The maximum absolute atomic E-state index is 13.5. The Morgan fingerprint density at radius 1 is 1.31 bits per heavy atom. The first kappa shape index (κ1) is 26.4. The number of nitrogens with one attached hydrogen (secondary N) is 1. The Morgan fingerprint density at radius 3 is 2.69 bits per heavy atom. The second-order valence-electron chi connectivity index (χ2n) is 10.3. The number of ether oxygens (including phenoxy) is 1. The second kappa shape index (κ2) is 9.53. The summed E-state index contributed by atoms with van der Waals surface area (Å²) in [5.41, 5.74) is 4.06. The zero-order valence-corrected chi connectivity index (χ0v) is 22.9. The van der Waals surface area contributed by atoms with Gasteiger partial charge in [0.15, 0.2) is 11.6 Å². The van der Waals surface area contributed by atoms with Crippen LogP contribution in [-0.2, 0) is 15.0 Å². The minimum atomic E-state index is -1.57. The fraction of sp³-hybridized carbons (Fsp3) is 0.310. The van der Waals surface area contributed by atoms with Gasteiger partial charge < -0.3 is 20.1 Å². The van der Waals surface area contributed by atoms with Crippen LogP contribution >= 0.6 is 11.3 Å². The SMILES string of the molecule is C=C(C)[C@H]1CC=C(/C=N\Nc2nc(-c3c(O)c(C)c(O)c4c3OC3=CC(O)=C(C(C)=O)C(=O)[C@@]34C)cs2)CC1. The van der Waals surface area contributed by atoms with E-state index in [1.54, 1.807) is 11.6 Å². The van der Waals surface area contributed by atoms with Crippen molar-refractivity contribution in [3.8, 4) is 28.5 Å². The second-order valence-corrected chi connectivity index (χ2v) is 11.1. The highest BCUT2D eigenvalue weighted by molar-refractivity contribution is 7.14. The molecule has 1 aliphatic heterocycles. The number of hydrogen-bond acceptors (Lipinski definition) is 10. The number of aliphatic hydroxyl groups excluding tert-OH is 1. The highest BCUT2D eigenvalue weighted by Gasteiger charge is 2.55. The number of hydrazone groups is 1. The minimum Gasteiger partial charge on any atom is -0.507 e. The Hall–Kier alpha value is -4.18. The summed E-state index contributed by atoms with van der Waals surface area (Å²) in [5, 5.41) is 38.9. The number of benzene rings is 1. The van der Waals surface area contributed by atoms with E-state index in [1.807, 2.05) is 0 Å². The van der Waals surface area contributed by atoms with Gasteiger partial charge in [-0.15, -0.1) is 11.3 Å². The molecule has 2 atom stereocenters. The van der Waals surface area contributed by atoms with Gasteiger partial charge in [0.2, 0.25) is 5.13 Å². The molecule has 0 fully saturated rings. The predicted octanol–water partition coefficient (Wildman–Crippen LogP) is 5.75. The van der Waals surface area contributed by atoms with E-state index < -0.39 is 22.7 Å². The number of ketones is 2. The number of phenols is 2. The monoisotopic (exact) mass is 547 g/mol.